The lowest BCUT2D eigenvalue weighted by Crippen LogP contribution is -2.44. The number of benzene rings is 2. The summed E-state index contributed by atoms with van der Waals surface area (Å²) in [6.07, 6.45) is 1.11. The van der Waals surface area contributed by atoms with Gasteiger partial charge in [-0.05, 0) is 36.2 Å². The van der Waals surface area contributed by atoms with Gasteiger partial charge in [0.05, 0.1) is 6.61 Å². The maximum absolute atomic E-state index is 5.06. The van der Waals surface area contributed by atoms with Gasteiger partial charge in [-0.2, -0.15) is 0 Å². The maximum atomic E-state index is 5.06. The summed E-state index contributed by atoms with van der Waals surface area (Å²) in [4.78, 5) is 6.80. The van der Waals surface area contributed by atoms with E-state index >= 15 is 0 Å². The number of hydrogen-bond donors (Lipinski definition) is 3. The lowest BCUT2D eigenvalue weighted by molar-refractivity contribution is 0.211. The Morgan fingerprint density at radius 1 is 1.14 bits per heavy atom. The van der Waals surface area contributed by atoms with Crippen LogP contribution in [0, 0.1) is 0 Å². The van der Waals surface area contributed by atoms with Gasteiger partial charge in [-0.15, -0.1) is 0 Å². The third-order valence-corrected chi connectivity index (χ3v) is 4.92. The van der Waals surface area contributed by atoms with Gasteiger partial charge in [0, 0.05) is 57.8 Å². The molecular weight excluding hydrogens is 350 g/mol. The molecule has 3 N–H and O–H groups in total. The van der Waals surface area contributed by atoms with E-state index in [1.807, 2.05) is 7.05 Å². The first-order valence-corrected chi connectivity index (χ1v) is 9.87. The van der Waals surface area contributed by atoms with E-state index in [4.69, 9.17) is 4.74 Å². The monoisotopic (exact) mass is 381 g/mol. The topological polar surface area (TPSA) is 60.9 Å². The molecule has 0 aliphatic carbocycles. The van der Waals surface area contributed by atoms with E-state index in [0.717, 1.165) is 44.2 Å². The zero-order valence-corrected chi connectivity index (χ0v) is 16.8. The van der Waals surface area contributed by atoms with Crippen molar-refractivity contribution in [1.82, 2.24) is 10.6 Å². The molecular formula is C22H31N5O. The summed E-state index contributed by atoms with van der Waals surface area (Å²) in [6, 6.07) is 19.4. The van der Waals surface area contributed by atoms with Crippen molar-refractivity contribution in [2.45, 2.75) is 19.0 Å². The zero-order valence-electron chi connectivity index (χ0n) is 16.8. The van der Waals surface area contributed by atoms with E-state index in [1.54, 1.807) is 7.11 Å². The number of anilines is 2. The molecule has 1 saturated heterocycles. The summed E-state index contributed by atoms with van der Waals surface area (Å²) in [5.41, 5.74) is 3.61. The van der Waals surface area contributed by atoms with Crippen molar-refractivity contribution in [3.8, 4) is 0 Å². The summed E-state index contributed by atoms with van der Waals surface area (Å²) >= 11 is 0. The van der Waals surface area contributed by atoms with E-state index in [1.165, 1.54) is 11.3 Å². The molecule has 1 fully saturated rings. The predicted octanol–water partition coefficient (Wildman–Crippen LogP) is 2.69. The molecule has 0 saturated carbocycles. The second-order valence-electron chi connectivity index (χ2n) is 6.95. The first-order chi connectivity index (χ1) is 13.8. The van der Waals surface area contributed by atoms with Crippen LogP contribution < -0.4 is 20.9 Å². The molecule has 1 atom stereocenters. The molecule has 1 aliphatic heterocycles. The predicted molar refractivity (Wildman–Crippen MR) is 117 cm³/mol. The first-order valence-electron chi connectivity index (χ1n) is 9.87. The SMILES string of the molecule is CN=C(NCc1ccc(NCCOC)cc1)NC1CCN(c2ccccc2)C1. The lowest BCUT2D eigenvalue weighted by Gasteiger charge is -2.20. The summed E-state index contributed by atoms with van der Waals surface area (Å²) in [6.45, 7) is 4.32. The van der Waals surface area contributed by atoms with Crippen LogP contribution in [0.1, 0.15) is 12.0 Å². The molecule has 150 valence electrons. The number of methoxy groups -OCH3 is 1. The Kier molecular flexibility index (Phi) is 7.55. The fourth-order valence-electron chi connectivity index (χ4n) is 3.36. The van der Waals surface area contributed by atoms with Crippen LogP contribution in [-0.4, -0.2) is 52.4 Å². The molecule has 1 unspecified atom stereocenters. The van der Waals surface area contributed by atoms with E-state index in [-0.39, 0.29) is 0 Å². The second-order valence-corrected chi connectivity index (χ2v) is 6.95. The molecule has 0 bridgehead atoms. The van der Waals surface area contributed by atoms with Gasteiger partial charge in [-0.3, -0.25) is 4.99 Å². The quantitative estimate of drug-likeness (QED) is 0.373. The van der Waals surface area contributed by atoms with Crippen LogP contribution in [0.25, 0.3) is 0 Å². The molecule has 28 heavy (non-hydrogen) atoms. The van der Waals surface area contributed by atoms with Crippen LogP contribution in [-0.2, 0) is 11.3 Å². The minimum Gasteiger partial charge on any atom is -0.383 e. The molecule has 1 aliphatic rings. The lowest BCUT2D eigenvalue weighted by atomic mass is 10.2. The van der Waals surface area contributed by atoms with Crippen LogP contribution in [0.2, 0.25) is 0 Å². The van der Waals surface area contributed by atoms with Gasteiger partial charge in [0.1, 0.15) is 0 Å². The highest BCUT2D eigenvalue weighted by molar-refractivity contribution is 5.80. The average molecular weight is 382 g/mol. The highest BCUT2D eigenvalue weighted by atomic mass is 16.5. The van der Waals surface area contributed by atoms with Gasteiger partial charge < -0.3 is 25.6 Å². The van der Waals surface area contributed by atoms with Crippen molar-refractivity contribution in [3.63, 3.8) is 0 Å². The second kappa shape index (κ2) is 10.6. The number of hydrogen-bond acceptors (Lipinski definition) is 4. The number of para-hydroxylation sites is 1. The Bertz CT molecular complexity index is 732. The van der Waals surface area contributed by atoms with Crippen LogP contribution in [0.15, 0.2) is 59.6 Å². The molecule has 0 radical (unpaired) electrons. The number of aliphatic imine (C=N–C) groups is 1. The van der Waals surface area contributed by atoms with Crippen molar-refractivity contribution in [2.24, 2.45) is 4.99 Å². The summed E-state index contributed by atoms with van der Waals surface area (Å²) in [5.74, 6) is 0.849. The number of guanidine groups is 1. The van der Waals surface area contributed by atoms with Gasteiger partial charge in [-0.25, -0.2) is 0 Å². The van der Waals surface area contributed by atoms with Crippen LogP contribution in [0.3, 0.4) is 0 Å². The number of ether oxygens (including phenoxy) is 1. The molecule has 0 amide bonds. The van der Waals surface area contributed by atoms with Crippen molar-refractivity contribution in [2.75, 3.05) is 50.6 Å². The summed E-state index contributed by atoms with van der Waals surface area (Å²) in [5, 5.41) is 10.3. The average Bonchev–Trinajstić information content (AvgIpc) is 3.21. The highest BCUT2D eigenvalue weighted by Crippen LogP contribution is 2.19. The minimum atomic E-state index is 0.402. The highest BCUT2D eigenvalue weighted by Gasteiger charge is 2.23. The molecule has 6 nitrogen and oxygen atoms in total. The molecule has 2 aromatic carbocycles. The normalized spacial score (nSPS) is 16.9. The Labute approximate surface area is 168 Å². The van der Waals surface area contributed by atoms with Gasteiger partial charge >= 0.3 is 0 Å². The Hall–Kier alpha value is -2.73. The maximum Gasteiger partial charge on any atom is 0.191 e. The van der Waals surface area contributed by atoms with Gasteiger partial charge in [-0.1, -0.05) is 30.3 Å². The Morgan fingerprint density at radius 2 is 1.93 bits per heavy atom. The van der Waals surface area contributed by atoms with Crippen molar-refractivity contribution in [3.05, 3.63) is 60.2 Å². The van der Waals surface area contributed by atoms with Crippen LogP contribution in [0.5, 0.6) is 0 Å². The number of nitrogens with zero attached hydrogens (tertiary/aromatic N) is 2. The first kappa shape index (κ1) is 20.0. The standard InChI is InChI=1S/C22H31N5O/c1-23-22(25-16-18-8-10-19(11-9-18)24-13-15-28-2)26-20-12-14-27(17-20)21-6-4-3-5-7-21/h3-11,20,24H,12-17H2,1-2H3,(H2,23,25,26). The van der Waals surface area contributed by atoms with Crippen LogP contribution in [0.4, 0.5) is 11.4 Å². The smallest absolute Gasteiger partial charge is 0.191 e. The van der Waals surface area contributed by atoms with E-state index in [0.29, 0.717) is 12.6 Å². The molecule has 1 heterocycles. The van der Waals surface area contributed by atoms with E-state index in [9.17, 15) is 0 Å². The van der Waals surface area contributed by atoms with E-state index < -0.39 is 0 Å². The third-order valence-electron chi connectivity index (χ3n) is 4.92. The van der Waals surface area contributed by atoms with Gasteiger partial charge in [0.2, 0.25) is 0 Å². The van der Waals surface area contributed by atoms with Crippen molar-refractivity contribution >= 4 is 17.3 Å². The number of nitrogens with one attached hydrogen (secondary N) is 3. The van der Waals surface area contributed by atoms with Crippen molar-refractivity contribution in [1.29, 1.82) is 0 Å². The molecule has 2 aromatic rings. The van der Waals surface area contributed by atoms with Crippen molar-refractivity contribution < 1.29 is 4.74 Å². The Morgan fingerprint density at radius 3 is 2.64 bits per heavy atom. The van der Waals surface area contributed by atoms with Gasteiger partial charge in [0.15, 0.2) is 5.96 Å². The number of rotatable bonds is 8. The molecule has 0 spiro atoms. The molecule has 6 heteroatoms. The zero-order chi connectivity index (χ0) is 19.6. The Balaban J connectivity index is 1.44. The third kappa shape index (κ3) is 5.89. The van der Waals surface area contributed by atoms with E-state index in [2.05, 4.69) is 80.4 Å². The van der Waals surface area contributed by atoms with Crippen LogP contribution >= 0.6 is 0 Å². The minimum absolute atomic E-state index is 0.402. The van der Waals surface area contributed by atoms with Gasteiger partial charge in [0.25, 0.3) is 0 Å². The fourth-order valence-corrected chi connectivity index (χ4v) is 3.36. The largest absolute Gasteiger partial charge is 0.383 e. The molecule has 0 aromatic heterocycles. The fraction of sp³-hybridized carbons (Fsp3) is 0.409. The summed E-state index contributed by atoms with van der Waals surface area (Å²) in [7, 11) is 3.53. The molecule has 3 rings (SSSR count). The summed E-state index contributed by atoms with van der Waals surface area (Å²) < 4.78 is 5.06.